The molecule has 2 saturated heterocycles. The van der Waals surface area contributed by atoms with E-state index in [1.807, 2.05) is 7.05 Å². The zero-order valence-electron chi connectivity index (χ0n) is 14.5. The van der Waals surface area contributed by atoms with Gasteiger partial charge in [0.25, 0.3) is 5.91 Å². The van der Waals surface area contributed by atoms with Crippen molar-refractivity contribution in [2.45, 2.75) is 31.2 Å². The normalized spacial score (nSPS) is 23.7. The van der Waals surface area contributed by atoms with E-state index in [-0.39, 0.29) is 11.8 Å². The fourth-order valence-electron chi connectivity index (χ4n) is 4.03. The van der Waals surface area contributed by atoms with Crippen LogP contribution in [0.25, 0.3) is 0 Å². The summed E-state index contributed by atoms with van der Waals surface area (Å²) in [6, 6.07) is 5.26. The molecule has 0 aromatic heterocycles. The Morgan fingerprint density at radius 2 is 1.83 bits per heavy atom. The number of piperidine rings is 1. The molecular weight excluding hydrogens is 308 g/mol. The molecule has 6 heteroatoms. The number of rotatable bonds is 3. The quantitative estimate of drug-likeness (QED) is 0.849. The lowest BCUT2D eigenvalue weighted by Gasteiger charge is -2.43. The monoisotopic (exact) mass is 332 g/mol. The molecule has 2 heterocycles. The Morgan fingerprint density at radius 3 is 2.50 bits per heavy atom. The molecule has 1 aromatic carbocycles. The zero-order chi connectivity index (χ0) is 17.3. The number of carbonyl (C=O) groups excluding carboxylic acids is 2. The van der Waals surface area contributed by atoms with E-state index in [4.69, 9.17) is 9.47 Å². The van der Waals surface area contributed by atoms with Gasteiger partial charge < -0.3 is 19.3 Å². The largest absolute Gasteiger partial charge is 0.493 e. The van der Waals surface area contributed by atoms with Gasteiger partial charge in [0.15, 0.2) is 11.5 Å². The van der Waals surface area contributed by atoms with Gasteiger partial charge in [-0.1, -0.05) is 6.07 Å². The van der Waals surface area contributed by atoms with Crippen molar-refractivity contribution < 1.29 is 19.1 Å². The van der Waals surface area contributed by atoms with E-state index in [2.05, 4.69) is 0 Å². The first-order chi connectivity index (χ1) is 11.5. The van der Waals surface area contributed by atoms with Gasteiger partial charge in [0.05, 0.1) is 19.8 Å². The molecule has 0 N–H and O–H groups in total. The second kappa shape index (κ2) is 6.34. The summed E-state index contributed by atoms with van der Waals surface area (Å²) in [7, 11) is 4.88. The number of amides is 2. The van der Waals surface area contributed by atoms with Crippen LogP contribution in [0.5, 0.6) is 11.5 Å². The van der Waals surface area contributed by atoms with Gasteiger partial charge in [0.1, 0.15) is 5.54 Å². The first-order valence-electron chi connectivity index (χ1n) is 8.33. The topological polar surface area (TPSA) is 59.1 Å². The van der Waals surface area contributed by atoms with Crippen LogP contribution in [-0.2, 0) is 4.79 Å². The maximum absolute atomic E-state index is 13.2. The highest BCUT2D eigenvalue weighted by atomic mass is 16.5. The summed E-state index contributed by atoms with van der Waals surface area (Å²) in [5.41, 5.74) is -0.253. The van der Waals surface area contributed by atoms with Crippen LogP contribution in [0.15, 0.2) is 18.2 Å². The van der Waals surface area contributed by atoms with Crippen LogP contribution in [0.1, 0.15) is 36.0 Å². The third-order valence-electron chi connectivity index (χ3n) is 5.20. The number of likely N-dealkylation sites (N-methyl/N-ethyl adjacent to an activating group) is 1. The van der Waals surface area contributed by atoms with Gasteiger partial charge in [-0.05, 0) is 37.8 Å². The second-order valence-electron chi connectivity index (χ2n) is 6.46. The first kappa shape index (κ1) is 16.6. The number of hydrogen-bond acceptors (Lipinski definition) is 4. The standard InChI is InChI=1S/C18H24N2O4/c1-19-11-5-9-18(17(19)22)10-6-12-20(18)16(21)13-7-4-8-14(23-2)15(13)24-3/h4,7-8H,5-6,9-12H2,1-3H3. The van der Waals surface area contributed by atoms with E-state index < -0.39 is 5.54 Å². The number of benzene rings is 1. The summed E-state index contributed by atoms with van der Waals surface area (Å²) in [4.78, 5) is 29.6. The molecule has 24 heavy (non-hydrogen) atoms. The lowest BCUT2D eigenvalue weighted by atomic mass is 9.85. The molecule has 0 radical (unpaired) electrons. The van der Waals surface area contributed by atoms with Crippen molar-refractivity contribution in [3.8, 4) is 11.5 Å². The number of methoxy groups -OCH3 is 2. The van der Waals surface area contributed by atoms with Gasteiger partial charge in [-0.15, -0.1) is 0 Å². The fraction of sp³-hybridized carbons (Fsp3) is 0.556. The van der Waals surface area contributed by atoms with E-state index in [0.29, 0.717) is 23.6 Å². The minimum absolute atomic E-state index is 0.0569. The molecule has 2 aliphatic rings. The average Bonchev–Trinajstić information content (AvgIpc) is 3.02. The summed E-state index contributed by atoms with van der Waals surface area (Å²) >= 11 is 0. The predicted molar refractivity (Wildman–Crippen MR) is 89.4 cm³/mol. The van der Waals surface area contributed by atoms with Crippen LogP contribution in [0.4, 0.5) is 0 Å². The number of hydrogen-bond donors (Lipinski definition) is 0. The number of carbonyl (C=O) groups is 2. The van der Waals surface area contributed by atoms with Crippen LogP contribution in [0, 0.1) is 0 Å². The van der Waals surface area contributed by atoms with Crippen molar-refractivity contribution in [1.82, 2.24) is 9.80 Å². The van der Waals surface area contributed by atoms with Crippen LogP contribution < -0.4 is 9.47 Å². The lowest BCUT2D eigenvalue weighted by molar-refractivity contribution is -0.144. The van der Waals surface area contributed by atoms with Crippen LogP contribution >= 0.6 is 0 Å². The summed E-state index contributed by atoms with van der Waals surface area (Å²) in [5, 5.41) is 0. The summed E-state index contributed by atoms with van der Waals surface area (Å²) in [6.07, 6.45) is 3.22. The van der Waals surface area contributed by atoms with Crippen LogP contribution in [0.3, 0.4) is 0 Å². The van der Waals surface area contributed by atoms with Crippen LogP contribution in [-0.4, -0.2) is 61.5 Å². The highest BCUT2D eigenvalue weighted by Gasteiger charge is 2.52. The van der Waals surface area contributed by atoms with Crippen molar-refractivity contribution in [3.05, 3.63) is 23.8 Å². The smallest absolute Gasteiger partial charge is 0.258 e. The Bertz CT molecular complexity index is 660. The summed E-state index contributed by atoms with van der Waals surface area (Å²) in [6.45, 7) is 1.35. The summed E-state index contributed by atoms with van der Waals surface area (Å²) in [5.74, 6) is 0.834. The molecule has 0 aliphatic carbocycles. The van der Waals surface area contributed by atoms with E-state index in [0.717, 1.165) is 32.2 Å². The molecule has 1 spiro atoms. The van der Waals surface area contributed by atoms with E-state index in [1.165, 1.54) is 7.11 Å². The van der Waals surface area contributed by atoms with Gasteiger partial charge in [-0.25, -0.2) is 0 Å². The van der Waals surface area contributed by atoms with Crippen molar-refractivity contribution in [2.24, 2.45) is 0 Å². The SMILES string of the molecule is COc1cccc(C(=O)N2CCCC23CCCN(C)C3=O)c1OC. The average molecular weight is 332 g/mol. The molecule has 0 bridgehead atoms. The van der Waals surface area contributed by atoms with Gasteiger partial charge in [-0.2, -0.15) is 0 Å². The Kier molecular flexibility index (Phi) is 4.39. The van der Waals surface area contributed by atoms with Crippen molar-refractivity contribution >= 4 is 11.8 Å². The molecule has 3 rings (SSSR count). The molecule has 2 aliphatic heterocycles. The van der Waals surface area contributed by atoms with Crippen LogP contribution in [0.2, 0.25) is 0 Å². The van der Waals surface area contributed by atoms with Gasteiger partial charge >= 0.3 is 0 Å². The summed E-state index contributed by atoms with van der Waals surface area (Å²) < 4.78 is 10.7. The molecule has 0 saturated carbocycles. The second-order valence-corrected chi connectivity index (χ2v) is 6.46. The Balaban J connectivity index is 1.99. The first-order valence-corrected chi connectivity index (χ1v) is 8.33. The fourth-order valence-corrected chi connectivity index (χ4v) is 4.03. The molecular formula is C18H24N2O4. The maximum atomic E-state index is 13.2. The minimum atomic E-state index is -0.696. The molecule has 6 nitrogen and oxygen atoms in total. The number of nitrogens with zero attached hydrogens (tertiary/aromatic N) is 2. The lowest BCUT2D eigenvalue weighted by Crippen LogP contribution is -2.60. The molecule has 1 aromatic rings. The van der Waals surface area contributed by atoms with E-state index in [1.54, 1.807) is 35.1 Å². The van der Waals surface area contributed by atoms with Crippen molar-refractivity contribution in [1.29, 1.82) is 0 Å². The van der Waals surface area contributed by atoms with Gasteiger partial charge in [-0.3, -0.25) is 9.59 Å². The van der Waals surface area contributed by atoms with Gasteiger partial charge in [0, 0.05) is 20.1 Å². The van der Waals surface area contributed by atoms with Gasteiger partial charge in [0.2, 0.25) is 5.91 Å². The molecule has 1 atom stereocenters. The zero-order valence-corrected chi connectivity index (χ0v) is 14.5. The highest BCUT2D eigenvalue weighted by molar-refractivity contribution is 6.02. The van der Waals surface area contributed by atoms with E-state index in [9.17, 15) is 9.59 Å². The highest BCUT2D eigenvalue weighted by Crippen LogP contribution is 2.40. The number of para-hydroxylation sites is 1. The van der Waals surface area contributed by atoms with E-state index >= 15 is 0 Å². The Hall–Kier alpha value is -2.24. The Labute approximate surface area is 142 Å². The number of ether oxygens (including phenoxy) is 2. The predicted octanol–water partition coefficient (Wildman–Crippen LogP) is 1.93. The maximum Gasteiger partial charge on any atom is 0.258 e. The third-order valence-corrected chi connectivity index (χ3v) is 5.20. The minimum Gasteiger partial charge on any atom is -0.493 e. The molecule has 1 unspecified atom stereocenters. The number of likely N-dealkylation sites (tertiary alicyclic amines) is 2. The van der Waals surface area contributed by atoms with Crippen molar-refractivity contribution in [2.75, 3.05) is 34.4 Å². The third kappa shape index (κ3) is 2.41. The molecule has 130 valence electrons. The van der Waals surface area contributed by atoms with Crippen molar-refractivity contribution in [3.63, 3.8) is 0 Å². The Morgan fingerprint density at radius 1 is 1.12 bits per heavy atom. The molecule has 2 fully saturated rings. The molecule has 2 amide bonds.